The molecule has 3 heterocycles. The van der Waals surface area contributed by atoms with Crippen molar-refractivity contribution in [3.63, 3.8) is 0 Å². The summed E-state index contributed by atoms with van der Waals surface area (Å²) < 4.78 is 14.8. The summed E-state index contributed by atoms with van der Waals surface area (Å²) in [5.74, 6) is 2.08. The average molecular weight is 491 g/mol. The summed E-state index contributed by atoms with van der Waals surface area (Å²) in [4.78, 5) is 13.0. The van der Waals surface area contributed by atoms with Crippen LogP contribution in [0.2, 0.25) is 0 Å². The van der Waals surface area contributed by atoms with Gasteiger partial charge in [0, 0.05) is 12.6 Å². The highest BCUT2D eigenvalue weighted by molar-refractivity contribution is 8.00. The lowest BCUT2D eigenvalue weighted by Gasteiger charge is -2.14. The van der Waals surface area contributed by atoms with Gasteiger partial charge in [-0.3, -0.25) is 14.0 Å². The Bertz CT molecular complexity index is 1380. The first-order valence-corrected chi connectivity index (χ1v) is 12.1. The Balaban J connectivity index is 1.42. The third-order valence-corrected chi connectivity index (χ3v) is 7.02. The number of aryl methyl sites for hydroxylation is 2. The summed E-state index contributed by atoms with van der Waals surface area (Å²) >= 11 is 1.37. The molecule has 1 aliphatic rings. The van der Waals surface area contributed by atoms with Crippen LogP contribution in [-0.2, 0) is 18.4 Å². The highest BCUT2D eigenvalue weighted by Crippen LogP contribution is 2.34. The van der Waals surface area contributed by atoms with Crippen LogP contribution in [0.5, 0.6) is 11.5 Å². The van der Waals surface area contributed by atoms with Gasteiger partial charge in [0.15, 0.2) is 22.5 Å². The van der Waals surface area contributed by atoms with Gasteiger partial charge in [-0.15, -0.1) is 10.2 Å². The maximum absolute atomic E-state index is 13.0. The lowest BCUT2D eigenvalue weighted by Crippen LogP contribution is -2.23. The van der Waals surface area contributed by atoms with E-state index < -0.39 is 5.25 Å². The van der Waals surface area contributed by atoms with Crippen molar-refractivity contribution >= 4 is 23.4 Å². The Labute approximate surface area is 207 Å². The number of carbonyl (C=O) groups is 1. The summed E-state index contributed by atoms with van der Waals surface area (Å²) in [5.41, 5.74) is 4.41. The Morgan fingerprint density at radius 1 is 1.11 bits per heavy atom. The van der Waals surface area contributed by atoms with Gasteiger partial charge in [0.1, 0.15) is 0 Å². The van der Waals surface area contributed by atoms with Gasteiger partial charge in [-0.1, -0.05) is 48.2 Å². The predicted molar refractivity (Wildman–Crippen MR) is 134 cm³/mol. The number of fused-ring (bicyclic) bond motifs is 1. The molecule has 0 unspecified atom stereocenters. The van der Waals surface area contributed by atoms with Crippen LogP contribution < -0.4 is 14.8 Å². The molecule has 0 saturated carbocycles. The normalized spacial score (nSPS) is 13.1. The minimum atomic E-state index is -0.405. The molecule has 0 bridgehead atoms. The number of nitrogens with one attached hydrogen (secondary N) is 1. The van der Waals surface area contributed by atoms with E-state index in [1.165, 1.54) is 11.8 Å². The van der Waals surface area contributed by atoms with Gasteiger partial charge >= 0.3 is 0 Å². The quantitative estimate of drug-likeness (QED) is 0.388. The van der Waals surface area contributed by atoms with Crippen molar-refractivity contribution in [2.45, 2.75) is 37.7 Å². The van der Waals surface area contributed by atoms with Crippen LogP contribution in [0.4, 0.5) is 5.69 Å². The molecule has 1 N–H and O–H groups in total. The van der Waals surface area contributed by atoms with Crippen molar-refractivity contribution in [3.05, 3.63) is 65.5 Å². The van der Waals surface area contributed by atoms with Crippen LogP contribution in [0.1, 0.15) is 23.9 Å². The number of amides is 1. The molecule has 10 heteroatoms. The maximum atomic E-state index is 13.0. The molecule has 1 amide bonds. The van der Waals surface area contributed by atoms with Gasteiger partial charge in [-0.2, -0.15) is 5.10 Å². The maximum Gasteiger partial charge on any atom is 0.237 e. The number of rotatable bonds is 7. The number of anilines is 1. The van der Waals surface area contributed by atoms with E-state index in [1.807, 2.05) is 80.9 Å². The average Bonchev–Trinajstić information content (AvgIpc) is 3.54. The molecular formula is C25H26N6O3S. The third kappa shape index (κ3) is 4.61. The molecule has 0 aliphatic carbocycles. The molecule has 1 atom stereocenters. The Hall–Kier alpha value is -3.79. The highest BCUT2D eigenvalue weighted by atomic mass is 32.2. The van der Waals surface area contributed by atoms with E-state index in [2.05, 4.69) is 20.6 Å². The first kappa shape index (κ1) is 23.0. The van der Waals surface area contributed by atoms with Gasteiger partial charge in [0.05, 0.1) is 28.9 Å². The smallest absolute Gasteiger partial charge is 0.237 e. The lowest BCUT2D eigenvalue weighted by atomic mass is 10.2. The second-order valence-corrected chi connectivity index (χ2v) is 9.67. The number of hydrogen-bond donors (Lipinski definition) is 1. The minimum Gasteiger partial charge on any atom is -0.454 e. The zero-order valence-electron chi connectivity index (χ0n) is 20.0. The van der Waals surface area contributed by atoms with E-state index in [4.69, 9.17) is 9.47 Å². The summed E-state index contributed by atoms with van der Waals surface area (Å²) in [6.07, 6.45) is 0. The van der Waals surface area contributed by atoms with Gasteiger partial charge in [0.25, 0.3) is 0 Å². The number of hydrogen-bond acceptors (Lipinski definition) is 7. The number of thioether (sulfide) groups is 1. The fourth-order valence-corrected chi connectivity index (χ4v) is 4.78. The molecule has 0 saturated heterocycles. The van der Waals surface area contributed by atoms with Crippen LogP contribution >= 0.6 is 11.8 Å². The second-order valence-electron chi connectivity index (χ2n) is 8.36. The number of ether oxygens (including phenoxy) is 2. The third-order valence-electron chi connectivity index (χ3n) is 5.94. The molecule has 4 aromatic rings. The molecule has 0 spiro atoms. The van der Waals surface area contributed by atoms with Gasteiger partial charge in [-0.25, -0.2) is 0 Å². The Kier molecular flexibility index (Phi) is 6.21. The number of aromatic nitrogens is 5. The van der Waals surface area contributed by atoms with Crippen molar-refractivity contribution < 1.29 is 14.3 Å². The van der Waals surface area contributed by atoms with E-state index in [0.29, 0.717) is 11.7 Å². The van der Waals surface area contributed by atoms with E-state index in [1.54, 1.807) is 4.68 Å². The summed E-state index contributed by atoms with van der Waals surface area (Å²) in [6.45, 7) is 6.43. The fraction of sp³-hybridized carbons (Fsp3) is 0.280. The number of benzene rings is 2. The first-order valence-electron chi connectivity index (χ1n) is 11.3. The highest BCUT2D eigenvalue weighted by Gasteiger charge is 2.23. The molecule has 0 fully saturated rings. The zero-order chi connectivity index (χ0) is 24.5. The SMILES string of the molecule is Cc1nn(C)c(C)c1NC(=O)[C@H](C)Sc1nnc(-c2ccccc2)n1Cc1ccc2c(c1)OCO2. The molecular weight excluding hydrogens is 464 g/mol. The Morgan fingerprint density at radius 2 is 1.89 bits per heavy atom. The van der Waals surface area contributed by atoms with E-state index >= 15 is 0 Å². The van der Waals surface area contributed by atoms with E-state index in [9.17, 15) is 4.79 Å². The fourth-order valence-electron chi connectivity index (χ4n) is 3.93. The monoisotopic (exact) mass is 490 g/mol. The molecule has 5 rings (SSSR count). The molecule has 2 aromatic heterocycles. The van der Waals surface area contributed by atoms with E-state index in [0.717, 1.165) is 45.5 Å². The topological polar surface area (TPSA) is 96.1 Å². The number of carbonyl (C=O) groups excluding carboxylic acids is 1. The summed E-state index contributed by atoms with van der Waals surface area (Å²) in [7, 11) is 1.86. The van der Waals surface area contributed by atoms with Gasteiger partial charge < -0.3 is 14.8 Å². The molecule has 180 valence electrons. The Morgan fingerprint density at radius 3 is 2.63 bits per heavy atom. The van der Waals surface area contributed by atoms with Crippen LogP contribution in [0.15, 0.2) is 53.7 Å². The van der Waals surface area contributed by atoms with Crippen LogP contribution in [0.25, 0.3) is 11.4 Å². The minimum absolute atomic E-state index is 0.118. The van der Waals surface area contributed by atoms with Gasteiger partial charge in [0.2, 0.25) is 12.7 Å². The zero-order valence-corrected chi connectivity index (χ0v) is 20.8. The first-order chi connectivity index (χ1) is 16.9. The van der Waals surface area contributed by atoms with Crippen molar-refractivity contribution in [2.24, 2.45) is 7.05 Å². The second kappa shape index (κ2) is 9.46. The van der Waals surface area contributed by atoms with Crippen molar-refractivity contribution in [3.8, 4) is 22.9 Å². The number of nitrogens with zero attached hydrogens (tertiary/aromatic N) is 5. The molecule has 0 radical (unpaired) electrons. The van der Waals surface area contributed by atoms with Crippen molar-refractivity contribution in [2.75, 3.05) is 12.1 Å². The van der Waals surface area contributed by atoms with Crippen LogP contribution in [-0.4, -0.2) is 42.5 Å². The largest absolute Gasteiger partial charge is 0.454 e. The van der Waals surface area contributed by atoms with Crippen molar-refractivity contribution in [1.82, 2.24) is 24.5 Å². The molecule has 35 heavy (non-hydrogen) atoms. The molecule has 1 aliphatic heterocycles. The van der Waals surface area contributed by atoms with Crippen LogP contribution in [0.3, 0.4) is 0 Å². The van der Waals surface area contributed by atoms with E-state index in [-0.39, 0.29) is 12.7 Å². The summed E-state index contributed by atoms with van der Waals surface area (Å²) in [5, 5.41) is 16.6. The van der Waals surface area contributed by atoms with Gasteiger partial charge in [-0.05, 0) is 38.5 Å². The summed E-state index contributed by atoms with van der Waals surface area (Å²) in [6, 6.07) is 15.8. The lowest BCUT2D eigenvalue weighted by molar-refractivity contribution is -0.115. The van der Waals surface area contributed by atoms with Crippen LogP contribution in [0, 0.1) is 13.8 Å². The van der Waals surface area contributed by atoms with Crippen molar-refractivity contribution in [1.29, 1.82) is 0 Å². The molecule has 2 aromatic carbocycles. The predicted octanol–water partition coefficient (Wildman–Crippen LogP) is 4.19. The molecule has 9 nitrogen and oxygen atoms in total. The standard InChI is InChI=1S/C25H26N6O3S/c1-15-22(16(2)30(4)29-15)26-24(32)17(3)35-25-28-27-23(19-8-6-5-7-9-19)31(25)13-18-10-11-20-21(12-18)34-14-33-20/h5-12,17H,13-14H2,1-4H3,(H,26,32)/t17-/m0/s1.